The molecule has 4 N–H and O–H groups in total. The fourth-order valence-corrected chi connectivity index (χ4v) is 3.35. The number of nitrogens with two attached hydrogens (primary N) is 1. The van der Waals surface area contributed by atoms with Crippen molar-refractivity contribution in [3.63, 3.8) is 0 Å². The number of nitrogens with one attached hydrogen (secondary N) is 1. The SMILES string of the molecule is C[C@H](OC(=O)N(CCN)[C@@H](C)c1ccc(C(=O)Nc2ccccc2O)cc1)c1cccnc1. The molecule has 0 spiro atoms. The Bertz CT molecular complexity index is 1070. The largest absolute Gasteiger partial charge is 0.506 e. The predicted octanol–water partition coefficient (Wildman–Crippen LogP) is 4.26. The van der Waals surface area contributed by atoms with Gasteiger partial charge in [-0.25, -0.2) is 4.79 Å². The van der Waals surface area contributed by atoms with Crippen LogP contribution in [-0.2, 0) is 4.74 Å². The third-order valence-electron chi connectivity index (χ3n) is 5.31. The number of phenols is 1. The molecule has 2 aromatic carbocycles. The fourth-order valence-electron chi connectivity index (χ4n) is 3.35. The second kappa shape index (κ2) is 11.1. The van der Waals surface area contributed by atoms with Crippen molar-refractivity contribution < 1.29 is 19.4 Å². The average molecular weight is 449 g/mol. The van der Waals surface area contributed by atoms with E-state index in [2.05, 4.69) is 10.3 Å². The quantitative estimate of drug-likeness (QED) is 0.443. The summed E-state index contributed by atoms with van der Waals surface area (Å²) in [5, 5.41) is 12.5. The van der Waals surface area contributed by atoms with E-state index in [4.69, 9.17) is 10.5 Å². The second-order valence-corrected chi connectivity index (χ2v) is 7.56. The number of hydrogen-bond donors (Lipinski definition) is 3. The molecule has 8 heteroatoms. The van der Waals surface area contributed by atoms with E-state index < -0.39 is 12.2 Å². The molecule has 1 heterocycles. The van der Waals surface area contributed by atoms with Crippen molar-refractivity contribution in [1.29, 1.82) is 0 Å². The summed E-state index contributed by atoms with van der Waals surface area (Å²) in [4.78, 5) is 31.0. The zero-order valence-electron chi connectivity index (χ0n) is 18.6. The summed E-state index contributed by atoms with van der Waals surface area (Å²) in [6, 6.07) is 16.7. The van der Waals surface area contributed by atoms with Gasteiger partial charge in [0.15, 0.2) is 0 Å². The topological polar surface area (TPSA) is 118 Å². The highest BCUT2D eigenvalue weighted by Crippen LogP contribution is 2.25. The molecule has 0 saturated heterocycles. The van der Waals surface area contributed by atoms with E-state index in [9.17, 15) is 14.7 Å². The molecule has 0 radical (unpaired) electrons. The maximum Gasteiger partial charge on any atom is 0.410 e. The maximum absolute atomic E-state index is 12.9. The molecule has 8 nitrogen and oxygen atoms in total. The third kappa shape index (κ3) is 6.08. The monoisotopic (exact) mass is 448 g/mol. The number of pyridine rings is 1. The molecule has 2 amide bonds. The molecule has 0 fully saturated rings. The van der Waals surface area contributed by atoms with Gasteiger partial charge >= 0.3 is 6.09 Å². The van der Waals surface area contributed by atoms with Gasteiger partial charge in [0.05, 0.1) is 11.7 Å². The summed E-state index contributed by atoms with van der Waals surface area (Å²) in [5.41, 5.74) is 8.12. The number of phenolic OH excluding ortho intramolecular Hbond substituents is 1. The molecule has 0 saturated carbocycles. The van der Waals surface area contributed by atoms with Crippen molar-refractivity contribution in [1.82, 2.24) is 9.88 Å². The molecule has 3 rings (SSSR count). The van der Waals surface area contributed by atoms with Crippen LogP contribution in [-0.4, -0.2) is 40.1 Å². The number of aromatic hydroxyl groups is 1. The molecule has 0 bridgehead atoms. The Kier molecular flexibility index (Phi) is 7.99. The number of nitrogens with zero attached hydrogens (tertiary/aromatic N) is 2. The van der Waals surface area contributed by atoms with E-state index >= 15 is 0 Å². The van der Waals surface area contributed by atoms with Gasteiger partial charge in [-0.1, -0.05) is 30.3 Å². The van der Waals surface area contributed by atoms with Crippen molar-refractivity contribution >= 4 is 17.7 Å². The van der Waals surface area contributed by atoms with E-state index in [1.165, 1.54) is 6.07 Å². The first-order valence-corrected chi connectivity index (χ1v) is 10.7. The Balaban J connectivity index is 1.69. The van der Waals surface area contributed by atoms with Crippen LogP contribution < -0.4 is 11.1 Å². The first-order chi connectivity index (χ1) is 15.9. The molecule has 172 valence electrons. The second-order valence-electron chi connectivity index (χ2n) is 7.56. The Hall–Kier alpha value is -3.91. The van der Waals surface area contributed by atoms with Crippen molar-refractivity contribution in [2.24, 2.45) is 5.73 Å². The van der Waals surface area contributed by atoms with E-state index in [0.29, 0.717) is 17.8 Å². The van der Waals surface area contributed by atoms with Gasteiger partial charge in [-0.3, -0.25) is 9.78 Å². The molecular formula is C25H28N4O4. The Morgan fingerprint density at radius 1 is 1.06 bits per heavy atom. The van der Waals surface area contributed by atoms with E-state index in [0.717, 1.165) is 11.1 Å². The number of ether oxygens (including phenoxy) is 1. The van der Waals surface area contributed by atoms with Crippen molar-refractivity contribution in [3.05, 3.63) is 89.7 Å². The van der Waals surface area contributed by atoms with E-state index in [-0.39, 0.29) is 24.2 Å². The van der Waals surface area contributed by atoms with Gasteiger partial charge in [-0.15, -0.1) is 0 Å². The number of para-hydroxylation sites is 2. The summed E-state index contributed by atoms with van der Waals surface area (Å²) in [6.07, 6.45) is 2.38. The van der Waals surface area contributed by atoms with Crippen molar-refractivity contribution in [2.45, 2.75) is 26.0 Å². The van der Waals surface area contributed by atoms with Crippen LogP contribution in [0.4, 0.5) is 10.5 Å². The number of carbonyl (C=O) groups is 2. The number of aromatic nitrogens is 1. The zero-order chi connectivity index (χ0) is 23.8. The third-order valence-corrected chi connectivity index (χ3v) is 5.31. The van der Waals surface area contributed by atoms with Gasteiger partial charge in [0.2, 0.25) is 0 Å². The Morgan fingerprint density at radius 2 is 1.79 bits per heavy atom. The van der Waals surface area contributed by atoms with Crippen LogP contribution >= 0.6 is 0 Å². The fraction of sp³-hybridized carbons (Fsp3) is 0.240. The van der Waals surface area contributed by atoms with Gasteiger partial charge in [0, 0.05) is 36.6 Å². The number of anilines is 1. The van der Waals surface area contributed by atoms with Gasteiger partial charge in [-0.05, 0) is 49.7 Å². The van der Waals surface area contributed by atoms with Crippen LogP contribution in [0, 0.1) is 0 Å². The average Bonchev–Trinajstić information content (AvgIpc) is 2.84. The summed E-state index contributed by atoms with van der Waals surface area (Å²) in [5.74, 6) is -0.355. The van der Waals surface area contributed by atoms with Crippen LogP contribution in [0.5, 0.6) is 5.75 Å². The Morgan fingerprint density at radius 3 is 2.42 bits per heavy atom. The van der Waals surface area contributed by atoms with E-state index in [1.54, 1.807) is 72.7 Å². The van der Waals surface area contributed by atoms with Crippen LogP contribution in [0.2, 0.25) is 0 Å². The predicted molar refractivity (Wildman–Crippen MR) is 126 cm³/mol. The highest BCUT2D eigenvalue weighted by Gasteiger charge is 2.24. The minimum absolute atomic E-state index is 0.00690. The standard InChI is InChI=1S/C25H28N4O4/c1-17(29(15-13-26)25(32)33-18(2)21-6-5-14-27-16-21)19-9-11-20(12-10-19)24(31)28-22-7-3-4-8-23(22)30/h3-12,14,16-18,30H,13,15,26H2,1-2H3,(H,28,31)/t17-,18-/m0/s1. The normalized spacial score (nSPS) is 12.5. The first kappa shape index (κ1) is 23.7. The van der Waals surface area contributed by atoms with Gasteiger partial charge < -0.3 is 25.8 Å². The highest BCUT2D eigenvalue weighted by molar-refractivity contribution is 6.05. The number of benzene rings is 2. The van der Waals surface area contributed by atoms with Crippen molar-refractivity contribution in [2.75, 3.05) is 18.4 Å². The number of hydrogen-bond acceptors (Lipinski definition) is 6. The van der Waals surface area contributed by atoms with Gasteiger partial charge in [-0.2, -0.15) is 0 Å². The molecular weight excluding hydrogens is 420 g/mol. The van der Waals surface area contributed by atoms with Crippen LogP contribution in [0.15, 0.2) is 73.1 Å². The molecule has 33 heavy (non-hydrogen) atoms. The van der Waals surface area contributed by atoms with E-state index in [1.807, 2.05) is 13.0 Å². The smallest absolute Gasteiger partial charge is 0.410 e. The lowest BCUT2D eigenvalue weighted by molar-refractivity contribution is 0.0595. The minimum atomic E-state index is -0.481. The lowest BCUT2D eigenvalue weighted by Crippen LogP contribution is -2.38. The zero-order valence-corrected chi connectivity index (χ0v) is 18.6. The molecule has 0 aliphatic rings. The number of carbonyl (C=O) groups excluding carboxylic acids is 2. The molecule has 0 unspecified atom stereocenters. The first-order valence-electron chi connectivity index (χ1n) is 10.7. The lowest BCUT2D eigenvalue weighted by Gasteiger charge is -2.30. The summed E-state index contributed by atoms with van der Waals surface area (Å²) < 4.78 is 5.64. The maximum atomic E-state index is 12.9. The van der Waals surface area contributed by atoms with Crippen molar-refractivity contribution in [3.8, 4) is 5.75 Å². The van der Waals surface area contributed by atoms with Crippen LogP contribution in [0.1, 0.15) is 47.5 Å². The summed E-state index contributed by atoms with van der Waals surface area (Å²) in [6.45, 7) is 4.26. The number of rotatable bonds is 8. The molecule has 3 aromatic rings. The molecule has 1 aromatic heterocycles. The summed E-state index contributed by atoms with van der Waals surface area (Å²) >= 11 is 0. The van der Waals surface area contributed by atoms with Gasteiger partial charge in [0.1, 0.15) is 11.9 Å². The molecule has 0 aliphatic carbocycles. The minimum Gasteiger partial charge on any atom is -0.506 e. The summed E-state index contributed by atoms with van der Waals surface area (Å²) in [7, 11) is 0. The Labute approximate surface area is 193 Å². The van der Waals surface area contributed by atoms with Crippen LogP contribution in [0.25, 0.3) is 0 Å². The number of amides is 2. The molecule has 0 aliphatic heterocycles. The highest BCUT2D eigenvalue weighted by atomic mass is 16.6. The lowest BCUT2D eigenvalue weighted by atomic mass is 10.0. The molecule has 2 atom stereocenters. The van der Waals surface area contributed by atoms with Crippen LogP contribution in [0.3, 0.4) is 0 Å². The van der Waals surface area contributed by atoms with Gasteiger partial charge in [0.25, 0.3) is 5.91 Å².